The van der Waals surface area contributed by atoms with E-state index in [0.29, 0.717) is 32.4 Å². The lowest BCUT2D eigenvalue weighted by Gasteiger charge is -2.08. The van der Waals surface area contributed by atoms with Gasteiger partial charge < -0.3 is 5.73 Å². The van der Waals surface area contributed by atoms with Gasteiger partial charge in [0.05, 0.1) is 35.9 Å². The second-order valence-corrected chi connectivity index (χ2v) is 12.5. The summed E-state index contributed by atoms with van der Waals surface area (Å²) >= 11 is 14.2. The summed E-state index contributed by atoms with van der Waals surface area (Å²) in [4.78, 5) is 21.0. The Morgan fingerprint density at radius 2 is 1.13 bits per heavy atom. The van der Waals surface area contributed by atoms with E-state index in [1.165, 1.54) is 24.3 Å². The molecule has 14 heteroatoms. The largest absolute Gasteiger partial charge is 0.398 e. The van der Waals surface area contributed by atoms with Gasteiger partial charge in [0.25, 0.3) is 21.5 Å². The van der Waals surface area contributed by atoms with Crippen molar-refractivity contribution in [1.29, 1.82) is 0 Å². The number of halogens is 3. The Bertz CT molecular complexity index is 1850. The molecule has 0 radical (unpaired) electrons. The van der Waals surface area contributed by atoms with Crippen LogP contribution in [0.25, 0.3) is 22.3 Å². The lowest BCUT2D eigenvalue weighted by Crippen LogP contribution is -1.96. The Hall–Kier alpha value is -4.08. The van der Waals surface area contributed by atoms with Crippen molar-refractivity contribution in [2.24, 2.45) is 0 Å². The number of anilines is 1. The number of aryl methyl sites for hydroxylation is 1. The summed E-state index contributed by atoms with van der Waals surface area (Å²) in [6, 6.07) is 29.6. The average molecular weight is 780 g/mol. The molecule has 232 valence electrons. The monoisotopic (exact) mass is 779 g/mol. The predicted molar refractivity (Wildman–Crippen MR) is 185 cm³/mol. The van der Waals surface area contributed by atoms with Crippen LogP contribution in [0.5, 0.6) is 0 Å². The molecule has 0 saturated carbocycles. The van der Waals surface area contributed by atoms with E-state index in [1.807, 2.05) is 31.2 Å². The van der Waals surface area contributed by atoms with Crippen LogP contribution in [0.1, 0.15) is 5.56 Å². The molecule has 5 aromatic rings. The lowest BCUT2D eigenvalue weighted by molar-refractivity contribution is -0.384. The Balaban J connectivity index is 0.000000189. The Morgan fingerprint density at radius 3 is 1.58 bits per heavy atom. The Morgan fingerprint density at radius 1 is 0.689 bits per heavy atom. The molecule has 3 N–H and O–H groups in total. The molecule has 0 saturated heterocycles. The maximum Gasteiger partial charge on any atom is 0.294 e. The minimum Gasteiger partial charge on any atom is -0.398 e. The fourth-order valence-electron chi connectivity index (χ4n) is 3.96. The first-order valence-electron chi connectivity index (χ1n) is 12.7. The molecule has 5 rings (SSSR count). The van der Waals surface area contributed by atoms with Crippen molar-refractivity contribution >= 4 is 73.0 Å². The van der Waals surface area contributed by atoms with Gasteiger partial charge in [0.2, 0.25) is 0 Å². The molecule has 0 unspecified atom stereocenters. The van der Waals surface area contributed by atoms with Crippen molar-refractivity contribution in [3.63, 3.8) is 0 Å². The average Bonchev–Trinajstić information content (AvgIpc) is 2.98. The summed E-state index contributed by atoms with van der Waals surface area (Å²) in [5.41, 5.74) is 9.40. The molecule has 0 heterocycles. The molecule has 0 aliphatic heterocycles. The van der Waals surface area contributed by atoms with E-state index in [4.69, 9.17) is 33.5 Å². The summed E-state index contributed by atoms with van der Waals surface area (Å²) < 4.78 is 30.5. The molecule has 0 amide bonds. The van der Waals surface area contributed by atoms with E-state index >= 15 is 0 Å². The number of nitro benzene ring substituents is 2. The highest BCUT2D eigenvalue weighted by Crippen LogP contribution is 2.39. The lowest BCUT2D eigenvalue weighted by atomic mass is 10.0. The van der Waals surface area contributed by atoms with Crippen molar-refractivity contribution in [1.82, 2.24) is 0 Å². The van der Waals surface area contributed by atoms with E-state index < -0.39 is 20.0 Å². The molecule has 45 heavy (non-hydrogen) atoms. The summed E-state index contributed by atoms with van der Waals surface area (Å²) in [6.45, 7) is 1.84. The number of nitro groups is 2. The second-order valence-electron chi connectivity index (χ2n) is 9.14. The van der Waals surface area contributed by atoms with Crippen LogP contribution in [-0.4, -0.2) is 22.8 Å². The van der Waals surface area contributed by atoms with E-state index in [1.54, 1.807) is 60.7 Å². The molecule has 5 aromatic carbocycles. The zero-order valence-electron chi connectivity index (χ0n) is 23.3. The third-order valence-corrected chi connectivity index (χ3v) is 8.51. The number of nitrogen functional groups attached to an aromatic ring is 1. The van der Waals surface area contributed by atoms with Gasteiger partial charge in [-0.1, -0.05) is 89.4 Å². The van der Waals surface area contributed by atoms with Crippen LogP contribution in [-0.2, 0) is 10.1 Å². The van der Waals surface area contributed by atoms with Crippen LogP contribution in [0.4, 0.5) is 17.1 Å². The van der Waals surface area contributed by atoms with Crippen LogP contribution in [0.2, 0.25) is 10.0 Å². The summed E-state index contributed by atoms with van der Waals surface area (Å²) in [7, 11) is -4.02. The van der Waals surface area contributed by atoms with Crippen LogP contribution in [0.3, 0.4) is 0 Å². The molecule has 0 bridgehead atoms. The highest BCUT2D eigenvalue weighted by Gasteiger charge is 2.20. The van der Waals surface area contributed by atoms with Crippen molar-refractivity contribution < 1.29 is 22.8 Å². The van der Waals surface area contributed by atoms with Gasteiger partial charge in [0.15, 0.2) is 0 Å². The highest BCUT2D eigenvalue weighted by atomic mass is 127. The number of nitrogens with two attached hydrogens (primary N) is 1. The number of para-hydroxylation sites is 1. The SMILES string of the molecule is Cc1ccc(S(=O)(=O)O)cc1.Nc1ccccc1-c1c(Cl)cccc1[N+](=O)[O-].O=[N+]([O-])c1cccc(Cl)c1-c1ccccc1I. The Kier molecular flexibility index (Phi) is 12.4. The zero-order chi connectivity index (χ0) is 33.3. The standard InChI is InChI=1S/C12H7ClINO2.C12H9ClN2O2.C7H8O3S/c2*13-9-5-3-7-11(15(16)17)12(9)8-4-1-2-6-10(8)14;1-6-2-4-7(5-3-6)11(8,9)10/h1-7H;1-7H,14H2;2-5H,1H3,(H,8,9,10). The highest BCUT2D eigenvalue weighted by molar-refractivity contribution is 14.1. The summed E-state index contributed by atoms with van der Waals surface area (Å²) in [5.74, 6) is 0. The summed E-state index contributed by atoms with van der Waals surface area (Å²) in [6.07, 6.45) is 0. The van der Waals surface area contributed by atoms with Crippen LogP contribution < -0.4 is 5.73 Å². The second kappa shape index (κ2) is 15.8. The van der Waals surface area contributed by atoms with Crippen molar-refractivity contribution in [2.75, 3.05) is 5.73 Å². The van der Waals surface area contributed by atoms with Crippen molar-refractivity contribution in [3.05, 3.63) is 149 Å². The van der Waals surface area contributed by atoms with Gasteiger partial charge >= 0.3 is 0 Å². The maximum atomic E-state index is 11.0. The normalized spacial score (nSPS) is 10.5. The fraction of sp³-hybridized carbons (Fsp3) is 0.0323. The van der Waals surface area contributed by atoms with Crippen LogP contribution in [0, 0.1) is 30.7 Å². The molecular weight excluding hydrogens is 756 g/mol. The molecule has 0 atom stereocenters. The van der Waals surface area contributed by atoms with E-state index in [9.17, 15) is 28.6 Å². The number of rotatable bonds is 5. The molecule has 0 aliphatic carbocycles. The molecule has 10 nitrogen and oxygen atoms in total. The van der Waals surface area contributed by atoms with Gasteiger partial charge in [0.1, 0.15) is 0 Å². The Labute approximate surface area is 282 Å². The van der Waals surface area contributed by atoms with Crippen LogP contribution >= 0.6 is 45.8 Å². The molecule has 0 aliphatic rings. The topological polar surface area (TPSA) is 167 Å². The minimum absolute atomic E-state index is 0.0293. The van der Waals surface area contributed by atoms with E-state index in [-0.39, 0.29) is 16.3 Å². The first kappa shape index (κ1) is 35.4. The van der Waals surface area contributed by atoms with Gasteiger partial charge in [-0.2, -0.15) is 8.42 Å². The minimum atomic E-state index is -4.02. The molecule has 0 fully saturated rings. The van der Waals surface area contributed by atoms with Gasteiger partial charge in [-0.25, -0.2) is 0 Å². The van der Waals surface area contributed by atoms with Crippen LogP contribution in [0.15, 0.2) is 114 Å². The zero-order valence-corrected chi connectivity index (χ0v) is 27.8. The summed E-state index contributed by atoms with van der Waals surface area (Å²) in [5, 5.41) is 22.7. The number of benzene rings is 5. The van der Waals surface area contributed by atoms with Gasteiger partial charge in [-0.05, 0) is 65.9 Å². The van der Waals surface area contributed by atoms with E-state index in [0.717, 1.165) is 14.7 Å². The quantitative estimate of drug-likeness (QED) is 0.0585. The van der Waals surface area contributed by atoms with Gasteiger partial charge in [-0.15, -0.1) is 0 Å². The molecule has 0 spiro atoms. The first-order valence-corrected chi connectivity index (χ1v) is 16.0. The smallest absolute Gasteiger partial charge is 0.294 e. The van der Waals surface area contributed by atoms with E-state index in [2.05, 4.69) is 22.6 Å². The van der Waals surface area contributed by atoms with Gasteiger partial charge in [0, 0.05) is 32.5 Å². The number of nitrogens with zero attached hydrogens (tertiary/aromatic N) is 2. The van der Waals surface area contributed by atoms with Gasteiger partial charge in [-0.3, -0.25) is 24.8 Å². The third kappa shape index (κ3) is 9.45. The maximum absolute atomic E-state index is 11.0. The number of hydrogen-bond acceptors (Lipinski definition) is 7. The third-order valence-electron chi connectivity index (χ3n) is 6.07. The number of hydrogen-bond donors (Lipinski definition) is 2. The predicted octanol–water partition coefficient (Wildman–Crippen LogP) is 9.26. The molecule has 0 aromatic heterocycles. The fourth-order valence-corrected chi connectivity index (χ4v) is 5.64. The van der Waals surface area contributed by atoms with Crippen molar-refractivity contribution in [2.45, 2.75) is 11.8 Å². The molecular formula is C31H24Cl2IN3O7S. The van der Waals surface area contributed by atoms with Crippen molar-refractivity contribution in [3.8, 4) is 22.3 Å². The first-order chi connectivity index (χ1) is 21.2.